The second-order valence-corrected chi connectivity index (χ2v) is 5.22. The summed E-state index contributed by atoms with van der Waals surface area (Å²) in [5.41, 5.74) is 2.20. The maximum atomic E-state index is 12.0. The fourth-order valence-corrected chi connectivity index (χ4v) is 2.26. The molecule has 104 valence electrons. The summed E-state index contributed by atoms with van der Waals surface area (Å²) in [4.78, 5) is 16.3. The molecule has 2 aromatic rings. The van der Waals surface area contributed by atoms with Gasteiger partial charge in [0, 0.05) is 10.7 Å². The van der Waals surface area contributed by atoms with Gasteiger partial charge in [0.25, 0.3) is 5.91 Å². The predicted octanol–water partition coefficient (Wildman–Crippen LogP) is 3.04. The molecule has 5 heteroatoms. The molecule has 0 bridgehead atoms. The summed E-state index contributed by atoms with van der Waals surface area (Å²) >= 11 is 3.24. The first-order valence-corrected chi connectivity index (χ1v) is 7.10. The van der Waals surface area contributed by atoms with E-state index in [1.54, 1.807) is 18.3 Å². The number of aryl methyl sites for hydroxylation is 1. The van der Waals surface area contributed by atoms with Crippen LogP contribution < -0.4 is 5.32 Å². The number of nitrogens with zero attached hydrogens (tertiary/aromatic N) is 1. The molecule has 0 unspecified atom stereocenters. The van der Waals surface area contributed by atoms with Crippen molar-refractivity contribution in [3.63, 3.8) is 0 Å². The number of phenolic OH excluding ortho intramolecular Hbond substituents is 1. The number of hydrogen-bond donors (Lipinski definition) is 2. The van der Waals surface area contributed by atoms with E-state index in [0.29, 0.717) is 6.54 Å². The smallest absolute Gasteiger partial charge is 0.255 e. The number of halogens is 1. The minimum Gasteiger partial charge on any atom is -0.507 e. The predicted molar refractivity (Wildman–Crippen MR) is 80.6 cm³/mol. The zero-order chi connectivity index (χ0) is 14.5. The number of amides is 1. The van der Waals surface area contributed by atoms with Crippen LogP contribution in [0.15, 0.2) is 41.0 Å². The summed E-state index contributed by atoms with van der Waals surface area (Å²) in [7, 11) is 0. The number of hydrogen-bond acceptors (Lipinski definition) is 3. The summed E-state index contributed by atoms with van der Waals surface area (Å²) in [6, 6.07) is 8.66. The topological polar surface area (TPSA) is 62.2 Å². The Balaban J connectivity index is 2.09. The first kappa shape index (κ1) is 14.5. The lowest BCUT2D eigenvalue weighted by molar-refractivity contribution is 0.0947. The monoisotopic (exact) mass is 334 g/mol. The Labute approximate surface area is 126 Å². The third-order valence-electron chi connectivity index (χ3n) is 2.99. The number of aromatic hydroxyl groups is 1. The van der Waals surface area contributed by atoms with Crippen molar-refractivity contribution in [1.82, 2.24) is 10.3 Å². The van der Waals surface area contributed by atoms with Crippen molar-refractivity contribution < 1.29 is 9.90 Å². The molecule has 20 heavy (non-hydrogen) atoms. The van der Waals surface area contributed by atoms with Gasteiger partial charge >= 0.3 is 0 Å². The highest BCUT2D eigenvalue weighted by molar-refractivity contribution is 9.10. The van der Waals surface area contributed by atoms with Crippen LogP contribution in [-0.4, -0.2) is 16.0 Å². The Morgan fingerprint density at radius 2 is 2.20 bits per heavy atom. The van der Waals surface area contributed by atoms with Crippen molar-refractivity contribution in [3.05, 3.63) is 57.8 Å². The van der Waals surface area contributed by atoms with Gasteiger partial charge in [-0.05, 0) is 36.2 Å². The first-order valence-electron chi connectivity index (χ1n) is 6.31. The van der Waals surface area contributed by atoms with Crippen LogP contribution in [0.3, 0.4) is 0 Å². The van der Waals surface area contributed by atoms with Crippen LogP contribution in [0.4, 0.5) is 0 Å². The van der Waals surface area contributed by atoms with Gasteiger partial charge in [0.15, 0.2) is 0 Å². The number of nitrogens with one attached hydrogen (secondary N) is 1. The number of benzene rings is 1. The lowest BCUT2D eigenvalue weighted by atomic mass is 10.1. The Bertz CT molecular complexity index is 629. The van der Waals surface area contributed by atoms with Gasteiger partial charge < -0.3 is 10.4 Å². The van der Waals surface area contributed by atoms with Gasteiger partial charge in [-0.3, -0.25) is 9.78 Å². The molecule has 0 atom stereocenters. The van der Waals surface area contributed by atoms with Crippen molar-refractivity contribution in [2.75, 3.05) is 0 Å². The number of phenols is 1. The zero-order valence-corrected chi connectivity index (χ0v) is 12.6. The summed E-state index contributed by atoms with van der Waals surface area (Å²) in [5, 5.41) is 12.5. The van der Waals surface area contributed by atoms with Crippen LogP contribution in [0.1, 0.15) is 28.5 Å². The molecular formula is C15H15BrN2O2. The molecule has 2 N–H and O–H groups in total. The van der Waals surface area contributed by atoms with Gasteiger partial charge in [-0.15, -0.1) is 0 Å². The minimum absolute atomic E-state index is 0.0476. The van der Waals surface area contributed by atoms with E-state index in [4.69, 9.17) is 0 Å². The summed E-state index contributed by atoms with van der Waals surface area (Å²) in [6.07, 6.45) is 2.57. The molecule has 0 aliphatic rings. The van der Waals surface area contributed by atoms with E-state index in [1.807, 2.05) is 19.1 Å². The molecule has 0 spiro atoms. The summed E-state index contributed by atoms with van der Waals surface area (Å²) in [5.74, 6) is -0.365. The highest BCUT2D eigenvalue weighted by atomic mass is 79.9. The number of pyridine rings is 1. The molecule has 0 radical (unpaired) electrons. The Morgan fingerprint density at radius 3 is 2.90 bits per heavy atom. The lowest BCUT2D eigenvalue weighted by Crippen LogP contribution is -2.24. The van der Waals surface area contributed by atoms with E-state index >= 15 is 0 Å². The van der Waals surface area contributed by atoms with Crippen molar-refractivity contribution >= 4 is 21.8 Å². The standard InChI is InChI=1S/C15H15BrN2O2/c1-2-10-4-3-7-17-13(10)9-18-15(20)12-6-5-11(16)8-14(12)19/h3-8,19H,2,9H2,1H3,(H,18,20). The molecule has 2 rings (SSSR count). The summed E-state index contributed by atoms with van der Waals surface area (Å²) < 4.78 is 0.726. The van der Waals surface area contributed by atoms with Crippen LogP contribution in [0, 0.1) is 0 Å². The van der Waals surface area contributed by atoms with Crippen molar-refractivity contribution in [1.29, 1.82) is 0 Å². The number of aromatic nitrogens is 1. The average Bonchev–Trinajstić information content (AvgIpc) is 2.45. The maximum absolute atomic E-state index is 12.0. The van der Waals surface area contributed by atoms with Crippen LogP contribution in [-0.2, 0) is 13.0 Å². The lowest BCUT2D eigenvalue weighted by Gasteiger charge is -2.09. The van der Waals surface area contributed by atoms with Gasteiger partial charge in [-0.2, -0.15) is 0 Å². The highest BCUT2D eigenvalue weighted by Crippen LogP contribution is 2.22. The normalized spacial score (nSPS) is 10.3. The van der Waals surface area contributed by atoms with Crippen LogP contribution in [0.25, 0.3) is 0 Å². The molecule has 0 aliphatic carbocycles. The van der Waals surface area contributed by atoms with E-state index < -0.39 is 0 Å². The molecule has 4 nitrogen and oxygen atoms in total. The van der Waals surface area contributed by atoms with E-state index in [2.05, 4.69) is 26.2 Å². The average molecular weight is 335 g/mol. The van der Waals surface area contributed by atoms with E-state index in [0.717, 1.165) is 22.2 Å². The van der Waals surface area contributed by atoms with Crippen LogP contribution in [0.2, 0.25) is 0 Å². The first-order chi connectivity index (χ1) is 9.61. The van der Waals surface area contributed by atoms with Crippen molar-refractivity contribution in [3.8, 4) is 5.75 Å². The molecular weight excluding hydrogens is 320 g/mol. The molecule has 0 aliphatic heterocycles. The largest absolute Gasteiger partial charge is 0.507 e. The highest BCUT2D eigenvalue weighted by Gasteiger charge is 2.11. The summed E-state index contributed by atoms with van der Waals surface area (Å²) in [6.45, 7) is 2.39. The van der Waals surface area contributed by atoms with Gasteiger partial charge in [0.1, 0.15) is 5.75 Å². The van der Waals surface area contributed by atoms with E-state index in [-0.39, 0.29) is 17.2 Å². The zero-order valence-electron chi connectivity index (χ0n) is 11.1. The fraction of sp³-hybridized carbons (Fsp3) is 0.200. The maximum Gasteiger partial charge on any atom is 0.255 e. The number of carbonyl (C=O) groups excluding carboxylic acids is 1. The second kappa shape index (κ2) is 6.52. The van der Waals surface area contributed by atoms with Gasteiger partial charge in [-0.25, -0.2) is 0 Å². The van der Waals surface area contributed by atoms with E-state index in [1.165, 1.54) is 6.07 Å². The molecule has 1 aromatic heterocycles. The third kappa shape index (κ3) is 3.36. The number of rotatable bonds is 4. The Kier molecular flexibility index (Phi) is 4.74. The molecule has 1 amide bonds. The quantitative estimate of drug-likeness (QED) is 0.903. The minimum atomic E-state index is -0.317. The SMILES string of the molecule is CCc1cccnc1CNC(=O)c1ccc(Br)cc1O. The molecule has 1 heterocycles. The van der Waals surface area contributed by atoms with Crippen molar-refractivity contribution in [2.45, 2.75) is 19.9 Å². The van der Waals surface area contributed by atoms with Gasteiger partial charge in [0.2, 0.25) is 0 Å². The fourth-order valence-electron chi connectivity index (χ4n) is 1.91. The van der Waals surface area contributed by atoms with Gasteiger partial charge in [0.05, 0.1) is 17.8 Å². The molecule has 0 saturated heterocycles. The number of carbonyl (C=O) groups is 1. The third-order valence-corrected chi connectivity index (χ3v) is 3.48. The van der Waals surface area contributed by atoms with E-state index in [9.17, 15) is 9.90 Å². The van der Waals surface area contributed by atoms with Crippen LogP contribution in [0.5, 0.6) is 5.75 Å². The van der Waals surface area contributed by atoms with Crippen molar-refractivity contribution in [2.24, 2.45) is 0 Å². The van der Waals surface area contributed by atoms with Crippen LogP contribution >= 0.6 is 15.9 Å². The Morgan fingerprint density at radius 1 is 1.40 bits per heavy atom. The molecule has 0 saturated carbocycles. The Hall–Kier alpha value is -1.88. The molecule has 0 fully saturated rings. The molecule has 1 aromatic carbocycles. The second-order valence-electron chi connectivity index (χ2n) is 4.31. The van der Waals surface area contributed by atoms with Gasteiger partial charge in [-0.1, -0.05) is 28.9 Å².